The van der Waals surface area contributed by atoms with Crippen molar-refractivity contribution < 1.29 is 15.0 Å². The molecule has 3 rings (SSSR count). The Kier molecular flexibility index (Phi) is 4.78. The van der Waals surface area contributed by atoms with E-state index >= 15 is 0 Å². The normalized spacial score (nSPS) is 10.7. The predicted octanol–water partition coefficient (Wildman–Crippen LogP) is 3.91. The van der Waals surface area contributed by atoms with Crippen molar-refractivity contribution in [1.82, 2.24) is 9.55 Å². The number of nitrogens with zero attached hydrogens (tertiary/aromatic N) is 2. The van der Waals surface area contributed by atoms with Gasteiger partial charge in [0.1, 0.15) is 0 Å². The highest BCUT2D eigenvalue weighted by Crippen LogP contribution is 2.27. The van der Waals surface area contributed by atoms with E-state index in [-0.39, 0.29) is 23.0 Å². The van der Waals surface area contributed by atoms with Crippen LogP contribution in [0.4, 0.5) is 0 Å². The minimum atomic E-state index is -0.314. The maximum atomic E-state index is 12.2. The number of phenolic OH excluding ortho intramolecular Hbond substituents is 2. The lowest BCUT2D eigenvalue weighted by molar-refractivity contribution is 0.102. The number of phenols is 2. The van der Waals surface area contributed by atoms with Gasteiger partial charge in [0.25, 0.3) is 0 Å². The topological polar surface area (TPSA) is 75.4 Å². The van der Waals surface area contributed by atoms with Gasteiger partial charge in [-0.25, -0.2) is 4.98 Å². The predicted molar refractivity (Wildman–Crippen MR) is 93.4 cm³/mol. The van der Waals surface area contributed by atoms with Gasteiger partial charge in [-0.2, -0.15) is 0 Å². The summed E-state index contributed by atoms with van der Waals surface area (Å²) in [5.41, 5.74) is 1.19. The summed E-state index contributed by atoms with van der Waals surface area (Å²) < 4.78 is 1.85. The van der Waals surface area contributed by atoms with E-state index in [1.807, 2.05) is 22.8 Å². The van der Waals surface area contributed by atoms with Crippen LogP contribution in [0.15, 0.2) is 60.0 Å². The third kappa shape index (κ3) is 3.55. The Morgan fingerprint density at radius 1 is 1.17 bits per heavy atom. The molecule has 0 aliphatic rings. The average Bonchev–Trinajstić information content (AvgIpc) is 3.03. The summed E-state index contributed by atoms with van der Waals surface area (Å²) in [4.78, 5) is 16.5. The molecule has 1 aromatic heterocycles. The van der Waals surface area contributed by atoms with Crippen LogP contribution in [0.25, 0.3) is 5.69 Å². The lowest BCUT2D eigenvalue weighted by atomic mass is 10.1. The molecular weight excluding hydrogens is 348 g/mol. The second-order valence-corrected chi connectivity index (χ2v) is 6.35. The SMILES string of the molecule is O=C(CSc1nccn1-c1cccc(Cl)c1)c1ccc(O)c(O)c1. The molecule has 0 saturated heterocycles. The molecule has 0 fully saturated rings. The van der Waals surface area contributed by atoms with Crippen molar-refractivity contribution in [3.05, 3.63) is 65.4 Å². The third-order valence-corrected chi connectivity index (χ3v) is 4.52. The van der Waals surface area contributed by atoms with Crippen LogP contribution in [-0.2, 0) is 0 Å². The van der Waals surface area contributed by atoms with E-state index in [9.17, 15) is 15.0 Å². The van der Waals surface area contributed by atoms with Gasteiger partial charge in [-0.1, -0.05) is 29.4 Å². The van der Waals surface area contributed by atoms with Gasteiger partial charge in [0.05, 0.1) is 5.75 Å². The molecule has 122 valence electrons. The fourth-order valence-electron chi connectivity index (χ4n) is 2.13. The Morgan fingerprint density at radius 2 is 2.00 bits per heavy atom. The number of halogens is 1. The number of imidazole rings is 1. The molecule has 3 aromatic rings. The monoisotopic (exact) mass is 360 g/mol. The van der Waals surface area contributed by atoms with Crippen molar-refractivity contribution in [3.8, 4) is 17.2 Å². The number of aromatic nitrogens is 2. The zero-order valence-electron chi connectivity index (χ0n) is 12.4. The highest BCUT2D eigenvalue weighted by Gasteiger charge is 2.12. The maximum Gasteiger partial charge on any atom is 0.173 e. The molecular formula is C17H13ClN2O3S. The number of carbonyl (C=O) groups excluding carboxylic acids is 1. The van der Waals surface area contributed by atoms with Crippen molar-refractivity contribution >= 4 is 29.1 Å². The van der Waals surface area contributed by atoms with E-state index in [0.717, 1.165) is 5.69 Å². The Hall–Kier alpha value is -2.44. The zero-order chi connectivity index (χ0) is 17.1. The molecule has 2 aromatic carbocycles. The third-order valence-electron chi connectivity index (χ3n) is 3.32. The number of hydrogen-bond donors (Lipinski definition) is 2. The lowest BCUT2D eigenvalue weighted by Crippen LogP contribution is -2.04. The van der Waals surface area contributed by atoms with Crippen LogP contribution in [0, 0.1) is 0 Å². The van der Waals surface area contributed by atoms with E-state index in [1.165, 1.54) is 30.0 Å². The molecule has 0 radical (unpaired) electrons. The molecule has 0 aliphatic carbocycles. The molecule has 0 aliphatic heterocycles. The molecule has 0 bridgehead atoms. The van der Waals surface area contributed by atoms with E-state index in [2.05, 4.69) is 4.98 Å². The zero-order valence-corrected chi connectivity index (χ0v) is 14.0. The molecule has 5 nitrogen and oxygen atoms in total. The molecule has 0 unspecified atom stereocenters. The van der Waals surface area contributed by atoms with Crippen molar-refractivity contribution in [1.29, 1.82) is 0 Å². The van der Waals surface area contributed by atoms with Gasteiger partial charge >= 0.3 is 0 Å². The Balaban J connectivity index is 1.75. The number of benzene rings is 2. The van der Waals surface area contributed by atoms with Gasteiger partial charge in [-0.15, -0.1) is 0 Å². The van der Waals surface area contributed by atoms with E-state index < -0.39 is 0 Å². The van der Waals surface area contributed by atoms with Crippen molar-refractivity contribution in [3.63, 3.8) is 0 Å². The van der Waals surface area contributed by atoms with E-state index in [1.54, 1.807) is 18.5 Å². The smallest absolute Gasteiger partial charge is 0.173 e. The molecule has 0 atom stereocenters. The number of rotatable bonds is 5. The first-order valence-electron chi connectivity index (χ1n) is 7.02. The van der Waals surface area contributed by atoms with Gasteiger partial charge in [0.2, 0.25) is 0 Å². The molecule has 2 N–H and O–H groups in total. The van der Waals surface area contributed by atoms with Gasteiger partial charge in [0.15, 0.2) is 22.4 Å². The number of thioether (sulfide) groups is 1. The Bertz CT molecular complexity index is 895. The fraction of sp³-hybridized carbons (Fsp3) is 0.0588. The second kappa shape index (κ2) is 6.98. The quantitative estimate of drug-likeness (QED) is 0.410. The van der Waals surface area contributed by atoms with Crippen LogP contribution in [0.2, 0.25) is 5.02 Å². The molecule has 0 spiro atoms. The largest absolute Gasteiger partial charge is 0.504 e. The molecule has 0 amide bonds. The molecule has 7 heteroatoms. The molecule has 24 heavy (non-hydrogen) atoms. The number of ketones is 1. The average molecular weight is 361 g/mol. The van der Waals surface area contributed by atoms with Crippen molar-refractivity contribution in [2.75, 3.05) is 5.75 Å². The summed E-state index contributed by atoms with van der Waals surface area (Å²) in [5.74, 6) is -0.583. The Labute approximate surface area is 147 Å². The van der Waals surface area contributed by atoms with E-state index in [0.29, 0.717) is 15.7 Å². The van der Waals surface area contributed by atoms with Gasteiger partial charge in [-0.05, 0) is 36.4 Å². The lowest BCUT2D eigenvalue weighted by Gasteiger charge is -2.08. The number of carbonyl (C=O) groups is 1. The number of aromatic hydroxyl groups is 2. The van der Waals surface area contributed by atoms with Crippen molar-refractivity contribution in [2.45, 2.75) is 5.16 Å². The maximum absolute atomic E-state index is 12.2. The first kappa shape index (κ1) is 16.4. The summed E-state index contributed by atoms with van der Waals surface area (Å²) in [7, 11) is 0. The van der Waals surface area contributed by atoms with Gasteiger partial charge in [-0.3, -0.25) is 9.36 Å². The summed E-state index contributed by atoms with van der Waals surface area (Å²) in [6.07, 6.45) is 3.45. The highest BCUT2D eigenvalue weighted by molar-refractivity contribution is 7.99. The fourth-order valence-corrected chi connectivity index (χ4v) is 3.18. The van der Waals surface area contributed by atoms with Crippen molar-refractivity contribution in [2.24, 2.45) is 0 Å². The summed E-state index contributed by atoms with van der Waals surface area (Å²) in [6, 6.07) is 11.4. The molecule has 1 heterocycles. The van der Waals surface area contributed by atoms with Crippen LogP contribution in [0.3, 0.4) is 0 Å². The van der Waals surface area contributed by atoms with Crippen LogP contribution in [0.5, 0.6) is 11.5 Å². The first-order valence-corrected chi connectivity index (χ1v) is 8.38. The van der Waals surface area contributed by atoms with Gasteiger partial charge < -0.3 is 10.2 Å². The standard InChI is InChI=1S/C17H13ClN2O3S/c18-12-2-1-3-13(9-12)20-7-6-19-17(20)24-10-16(23)11-4-5-14(21)15(22)8-11/h1-9,21-22H,10H2. The van der Waals surface area contributed by atoms with Gasteiger partial charge in [0, 0.05) is 28.7 Å². The molecule has 0 saturated carbocycles. The van der Waals surface area contributed by atoms with Crippen LogP contribution < -0.4 is 0 Å². The van der Waals surface area contributed by atoms with Crippen LogP contribution in [-0.4, -0.2) is 31.3 Å². The first-order chi connectivity index (χ1) is 11.5. The Morgan fingerprint density at radius 3 is 2.75 bits per heavy atom. The number of hydrogen-bond acceptors (Lipinski definition) is 5. The summed E-state index contributed by atoms with van der Waals surface area (Å²) in [6.45, 7) is 0. The summed E-state index contributed by atoms with van der Waals surface area (Å²) >= 11 is 7.29. The summed E-state index contributed by atoms with van der Waals surface area (Å²) in [5, 5.41) is 20.1. The van der Waals surface area contributed by atoms with Crippen LogP contribution in [0.1, 0.15) is 10.4 Å². The minimum absolute atomic E-state index is 0.155. The van der Waals surface area contributed by atoms with E-state index in [4.69, 9.17) is 11.6 Å². The highest BCUT2D eigenvalue weighted by atomic mass is 35.5. The number of Topliss-reactive ketones (excluding diaryl/α,β-unsaturated/α-hetero) is 1. The second-order valence-electron chi connectivity index (χ2n) is 4.98. The minimum Gasteiger partial charge on any atom is -0.504 e. The van der Waals surface area contributed by atoms with Crippen LogP contribution >= 0.6 is 23.4 Å².